The maximum absolute atomic E-state index is 13.3. The Balaban J connectivity index is 1.32. The van der Waals surface area contributed by atoms with Gasteiger partial charge in [0.15, 0.2) is 5.60 Å². The van der Waals surface area contributed by atoms with Gasteiger partial charge in [0.25, 0.3) is 0 Å². The monoisotopic (exact) mass is 434 g/mol. The number of ether oxygens (including phenoxy) is 1. The zero-order valence-electron chi connectivity index (χ0n) is 18.7. The molecule has 1 heterocycles. The Morgan fingerprint density at radius 2 is 1.69 bits per heavy atom. The molecule has 0 radical (unpaired) electrons. The van der Waals surface area contributed by atoms with Gasteiger partial charge in [0.1, 0.15) is 6.10 Å². The van der Waals surface area contributed by atoms with Gasteiger partial charge in [-0.25, -0.2) is 4.79 Å². The molecular formula is C27H34N2O3. The molecule has 4 rings (SSSR count). The summed E-state index contributed by atoms with van der Waals surface area (Å²) in [6.07, 6.45) is 6.75. The van der Waals surface area contributed by atoms with Gasteiger partial charge in [-0.05, 0) is 36.8 Å². The van der Waals surface area contributed by atoms with Crippen LogP contribution >= 0.6 is 0 Å². The predicted molar refractivity (Wildman–Crippen MR) is 125 cm³/mol. The maximum Gasteiger partial charge on any atom is 0.343 e. The Bertz CT molecular complexity index is 896. The molecule has 170 valence electrons. The number of benzene rings is 2. The highest BCUT2D eigenvalue weighted by atomic mass is 16.6. The summed E-state index contributed by atoms with van der Waals surface area (Å²) in [7, 11) is 0. The standard InChI is InChI=1S/C27H34N2O3/c28-25(17-9-12-21-10-3-1-4-11-21)29-19-18-24(20-29)32-26(30)27(31,23-15-7-8-16-23)22-13-5-2-6-14-22/h1-6,10-11,13-14,23-24,28,31H,7-9,12,15-20H2/t24-,27+/m1/s1. The van der Waals surface area contributed by atoms with Crippen molar-refractivity contribution in [3.63, 3.8) is 0 Å². The number of carbonyl (C=O) groups excluding carboxylic acids is 1. The Hall–Kier alpha value is -2.66. The van der Waals surface area contributed by atoms with Crippen molar-refractivity contribution in [1.82, 2.24) is 4.90 Å². The quantitative estimate of drug-likeness (QED) is 0.359. The third kappa shape index (κ3) is 5.04. The summed E-state index contributed by atoms with van der Waals surface area (Å²) in [4.78, 5) is 15.3. The molecule has 1 saturated heterocycles. The van der Waals surface area contributed by atoms with E-state index in [-0.39, 0.29) is 12.0 Å². The number of nitrogens with zero attached hydrogens (tertiary/aromatic N) is 1. The van der Waals surface area contributed by atoms with Crippen molar-refractivity contribution in [2.24, 2.45) is 5.92 Å². The lowest BCUT2D eigenvalue weighted by Crippen LogP contribution is -2.45. The van der Waals surface area contributed by atoms with Crippen molar-refractivity contribution >= 4 is 11.8 Å². The van der Waals surface area contributed by atoms with Gasteiger partial charge in [0.2, 0.25) is 0 Å². The van der Waals surface area contributed by atoms with Gasteiger partial charge in [0.05, 0.1) is 12.4 Å². The van der Waals surface area contributed by atoms with Gasteiger partial charge < -0.3 is 14.7 Å². The van der Waals surface area contributed by atoms with E-state index in [2.05, 4.69) is 12.1 Å². The van der Waals surface area contributed by atoms with E-state index in [1.165, 1.54) is 5.56 Å². The van der Waals surface area contributed by atoms with Crippen molar-refractivity contribution in [2.45, 2.75) is 63.1 Å². The summed E-state index contributed by atoms with van der Waals surface area (Å²) in [6, 6.07) is 19.6. The minimum absolute atomic E-state index is 0.105. The van der Waals surface area contributed by atoms with Crippen LogP contribution in [-0.4, -0.2) is 41.0 Å². The first kappa shape index (κ1) is 22.5. The highest BCUT2D eigenvalue weighted by Crippen LogP contribution is 2.42. The van der Waals surface area contributed by atoms with Crippen LogP contribution in [0.15, 0.2) is 60.7 Å². The lowest BCUT2D eigenvalue weighted by Gasteiger charge is -2.33. The predicted octanol–water partition coefficient (Wildman–Crippen LogP) is 4.68. The Morgan fingerprint density at radius 3 is 2.38 bits per heavy atom. The molecule has 2 fully saturated rings. The third-order valence-corrected chi connectivity index (χ3v) is 6.99. The van der Waals surface area contributed by atoms with E-state index in [0.717, 1.165) is 45.1 Å². The second-order valence-electron chi connectivity index (χ2n) is 9.16. The van der Waals surface area contributed by atoms with Crippen LogP contribution in [0.4, 0.5) is 0 Å². The van der Waals surface area contributed by atoms with Crippen LogP contribution in [-0.2, 0) is 21.6 Å². The molecule has 0 spiro atoms. The fourth-order valence-corrected chi connectivity index (χ4v) is 5.13. The zero-order chi connectivity index (χ0) is 22.4. The van der Waals surface area contributed by atoms with Crippen molar-refractivity contribution in [1.29, 1.82) is 5.41 Å². The number of likely N-dealkylation sites (tertiary alicyclic amines) is 1. The first-order valence-corrected chi connectivity index (χ1v) is 11.9. The summed E-state index contributed by atoms with van der Waals surface area (Å²) in [5.41, 5.74) is 0.329. The minimum atomic E-state index is -1.59. The fraction of sp³-hybridized carbons (Fsp3) is 0.481. The Kier molecular flexibility index (Phi) is 7.26. The third-order valence-electron chi connectivity index (χ3n) is 6.99. The highest BCUT2D eigenvalue weighted by molar-refractivity contribution is 5.82. The molecule has 2 aromatic carbocycles. The summed E-state index contributed by atoms with van der Waals surface area (Å²) < 4.78 is 5.87. The van der Waals surface area contributed by atoms with Crippen LogP contribution in [0.3, 0.4) is 0 Å². The average Bonchev–Trinajstić information content (AvgIpc) is 3.53. The van der Waals surface area contributed by atoms with Crippen LogP contribution in [0.1, 0.15) is 56.1 Å². The van der Waals surface area contributed by atoms with Crippen molar-refractivity contribution in [3.8, 4) is 0 Å². The lowest BCUT2D eigenvalue weighted by atomic mass is 9.80. The van der Waals surface area contributed by atoms with Gasteiger partial charge in [-0.3, -0.25) is 5.41 Å². The molecule has 2 aromatic rings. The Labute approximate surface area is 190 Å². The molecule has 0 bridgehead atoms. The summed E-state index contributed by atoms with van der Waals surface area (Å²) >= 11 is 0. The number of carbonyl (C=O) groups is 1. The smallest absolute Gasteiger partial charge is 0.343 e. The van der Waals surface area contributed by atoms with E-state index < -0.39 is 11.6 Å². The van der Waals surface area contributed by atoms with Crippen molar-refractivity contribution < 1.29 is 14.6 Å². The molecule has 0 aromatic heterocycles. The first-order valence-electron chi connectivity index (χ1n) is 11.9. The van der Waals surface area contributed by atoms with E-state index >= 15 is 0 Å². The van der Waals surface area contributed by atoms with Gasteiger partial charge in [-0.15, -0.1) is 0 Å². The molecule has 2 atom stereocenters. The number of hydrogen-bond donors (Lipinski definition) is 2. The van der Waals surface area contributed by atoms with E-state index in [4.69, 9.17) is 10.1 Å². The minimum Gasteiger partial charge on any atom is -0.458 e. The van der Waals surface area contributed by atoms with Gasteiger partial charge in [0, 0.05) is 25.3 Å². The van der Waals surface area contributed by atoms with Crippen LogP contribution in [0.5, 0.6) is 0 Å². The number of rotatable bonds is 8. The molecule has 5 nitrogen and oxygen atoms in total. The number of aliphatic hydroxyl groups is 1. The lowest BCUT2D eigenvalue weighted by molar-refractivity contribution is -0.178. The van der Waals surface area contributed by atoms with Crippen LogP contribution in [0, 0.1) is 11.3 Å². The molecular weight excluding hydrogens is 400 g/mol. The second-order valence-corrected chi connectivity index (χ2v) is 9.16. The number of esters is 1. The zero-order valence-corrected chi connectivity index (χ0v) is 18.7. The molecule has 0 unspecified atom stereocenters. The van der Waals surface area contributed by atoms with Crippen LogP contribution in [0.2, 0.25) is 0 Å². The maximum atomic E-state index is 13.3. The van der Waals surface area contributed by atoms with E-state index in [9.17, 15) is 9.90 Å². The van der Waals surface area contributed by atoms with Crippen molar-refractivity contribution in [3.05, 3.63) is 71.8 Å². The SMILES string of the molecule is N=C(CCCc1ccccc1)N1CC[C@@H](OC(=O)[C@](O)(c2ccccc2)C2CCCC2)C1. The van der Waals surface area contributed by atoms with Gasteiger partial charge in [-0.1, -0.05) is 73.5 Å². The van der Waals surface area contributed by atoms with E-state index in [0.29, 0.717) is 30.8 Å². The number of aryl methyl sites for hydroxylation is 1. The fourth-order valence-electron chi connectivity index (χ4n) is 5.13. The van der Waals surface area contributed by atoms with Crippen molar-refractivity contribution in [2.75, 3.05) is 13.1 Å². The average molecular weight is 435 g/mol. The normalized spacial score (nSPS) is 20.8. The highest BCUT2D eigenvalue weighted by Gasteiger charge is 2.48. The Morgan fingerprint density at radius 1 is 1.03 bits per heavy atom. The van der Waals surface area contributed by atoms with Crippen LogP contribution < -0.4 is 0 Å². The van der Waals surface area contributed by atoms with Crippen LogP contribution in [0.25, 0.3) is 0 Å². The molecule has 1 saturated carbocycles. The molecule has 1 aliphatic heterocycles. The van der Waals surface area contributed by atoms with Gasteiger partial charge in [-0.2, -0.15) is 0 Å². The molecule has 5 heteroatoms. The first-order chi connectivity index (χ1) is 15.6. The topological polar surface area (TPSA) is 73.6 Å². The largest absolute Gasteiger partial charge is 0.458 e. The molecule has 32 heavy (non-hydrogen) atoms. The molecule has 2 N–H and O–H groups in total. The molecule has 0 amide bonds. The second kappa shape index (κ2) is 10.3. The molecule has 1 aliphatic carbocycles. The summed E-state index contributed by atoms with van der Waals surface area (Å²) in [5.74, 6) is -0.0298. The number of hydrogen-bond acceptors (Lipinski definition) is 4. The van der Waals surface area contributed by atoms with E-state index in [1.807, 2.05) is 53.4 Å². The number of amidine groups is 1. The number of nitrogens with one attached hydrogen (secondary N) is 1. The summed E-state index contributed by atoms with van der Waals surface area (Å²) in [6.45, 7) is 1.25. The molecule has 2 aliphatic rings. The van der Waals surface area contributed by atoms with Gasteiger partial charge >= 0.3 is 5.97 Å². The van der Waals surface area contributed by atoms with E-state index in [1.54, 1.807) is 0 Å². The summed E-state index contributed by atoms with van der Waals surface area (Å²) in [5, 5.41) is 20.0.